The summed E-state index contributed by atoms with van der Waals surface area (Å²) in [6, 6.07) is 6.10. The number of nitrogens with zero attached hydrogens (tertiary/aromatic N) is 2. The molecule has 1 aliphatic heterocycles. The average molecular weight is 491 g/mol. The SMILES string of the molecule is C=CCNC(=O)C1CC(F)(F)CN1C(=O)C(O)C(Cc1ccccc1)NC(=O)c1c(C)noc1C. The van der Waals surface area contributed by atoms with Crippen molar-refractivity contribution in [2.75, 3.05) is 13.1 Å². The second kappa shape index (κ2) is 10.8. The van der Waals surface area contributed by atoms with Crippen molar-refractivity contribution in [1.82, 2.24) is 20.7 Å². The zero-order chi connectivity index (χ0) is 25.8. The average Bonchev–Trinajstić information content (AvgIpc) is 3.34. The fraction of sp³-hybridized carbons (Fsp3) is 0.417. The second-order valence-electron chi connectivity index (χ2n) is 8.49. The monoisotopic (exact) mass is 490 g/mol. The van der Waals surface area contributed by atoms with Crippen molar-refractivity contribution < 1.29 is 32.8 Å². The summed E-state index contributed by atoms with van der Waals surface area (Å²) >= 11 is 0. The highest BCUT2D eigenvalue weighted by Crippen LogP contribution is 2.33. The Morgan fingerprint density at radius 1 is 1.31 bits per heavy atom. The van der Waals surface area contributed by atoms with Crippen LogP contribution in [0.15, 0.2) is 47.5 Å². The lowest BCUT2D eigenvalue weighted by Gasteiger charge is -2.30. The summed E-state index contributed by atoms with van der Waals surface area (Å²) in [6.07, 6.45) is -1.36. The molecule has 0 saturated carbocycles. The Morgan fingerprint density at radius 3 is 2.60 bits per heavy atom. The summed E-state index contributed by atoms with van der Waals surface area (Å²) in [4.78, 5) is 39.3. The minimum atomic E-state index is -3.31. The number of hydrogen-bond donors (Lipinski definition) is 3. The molecule has 0 radical (unpaired) electrons. The molecule has 1 saturated heterocycles. The van der Waals surface area contributed by atoms with Crippen LogP contribution in [0.4, 0.5) is 8.78 Å². The zero-order valence-electron chi connectivity index (χ0n) is 19.5. The van der Waals surface area contributed by atoms with Crippen molar-refractivity contribution in [1.29, 1.82) is 0 Å². The van der Waals surface area contributed by atoms with Gasteiger partial charge in [0.1, 0.15) is 17.4 Å². The Labute approximate surface area is 201 Å². The van der Waals surface area contributed by atoms with E-state index in [0.29, 0.717) is 16.2 Å². The van der Waals surface area contributed by atoms with Gasteiger partial charge in [-0.3, -0.25) is 14.4 Å². The predicted octanol–water partition coefficient (Wildman–Crippen LogP) is 1.53. The van der Waals surface area contributed by atoms with Crippen LogP contribution in [0.5, 0.6) is 0 Å². The largest absolute Gasteiger partial charge is 0.381 e. The molecule has 188 valence electrons. The molecule has 0 bridgehead atoms. The maximum atomic E-state index is 14.2. The van der Waals surface area contributed by atoms with E-state index in [2.05, 4.69) is 22.4 Å². The van der Waals surface area contributed by atoms with Crippen LogP contribution in [0.2, 0.25) is 0 Å². The molecule has 0 spiro atoms. The number of nitrogens with one attached hydrogen (secondary N) is 2. The number of carbonyl (C=O) groups is 3. The highest BCUT2D eigenvalue weighted by Gasteiger charge is 2.51. The molecule has 3 unspecified atom stereocenters. The normalized spacial score (nSPS) is 18.5. The molecule has 11 heteroatoms. The standard InChI is InChI=1S/C24H28F2N4O5/c1-4-10-27-21(32)18-12-24(25,26)13-30(18)23(34)20(31)17(11-16-8-6-5-7-9-16)28-22(33)19-14(2)29-35-15(19)3/h4-9,17-18,20,31H,1,10-13H2,2-3H3,(H,27,32)(H,28,33). The minimum absolute atomic E-state index is 0.0282. The molecule has 1 aliphatic rings. The van der Waals surface area contributed by atoms with E-state index < -0.39 is 54.8 Å². The van der Waals surface area contributed by atoms with Crippen LogP contribution < -0.4 is 10.6 Å². The summed E-state index contributed by atoms with van der Waals surface area (Å²) in [5.74, 6) is -5.55. The van der Waals surface area contributed by atoms with Crippen molar-refractivity contribution in [2.45, 2.75) is 50.8 Å². The maximum Gasteiger partial charge on any atom is 0.267 e. The fourth-order valence-electron chi connectivity index (χ4n) is 4.07. The van der Waals surface area contributed by atoms with E-state index in [-0.39, 0.29) is 24.3 Å². The molecule has 1 aromatic heterocycles. The number of halogens is 2. The van der Waals surface area contributed by atoms with Crippen LogP contribution in [-0.2, 0) is 16.0 Å². The van der Waals surface area contributed by atoms with Gasteiger partial charge in [0, 0.05) is 13.0 Å². The number of aliphatic hydroxyl groups excluding tert-OH is 1. The van der Waals surface area contributed by atoms with Crippen LogP contribution in [0, 0.1) is 13.8 Å². The van der Waals surface area contributed by atoms with Crippen molar-refractivity contribution in [2.24, 2.45) is 0 Å². The van der Waals surface area contributed by atoms with E-state index in [4.69, 9.17) is 4.52 Å². The number of alkyl halides is 2. The summed E-state index contributed by atoms with van der Waals surface area (Å²) in [6.45, 7) is 5.58. The number of hydrogen-bond acceptors (Lipinski definition) is 6. The number of carbonyl (C=O) groups excluding carboxylic acids is 3. The predicted molar refractivity (Wildman–Crippen MR) is 122 cm³/mol. The highest BCUT2D eigenvalue weighted by molar-refractivity contribution is 5.97. The van der Waals surface area contributed by atoms with Crippen LogP contribution in [0.3, 0.4) is 0 Å². The third kappa shape index (κ3) is 6.10. The Kier molecular flexibility index (Phi) is 8.00. The van der Waals surface area contributed by atoms with E-state index in [1.165, 1.54) is 6.08 Å². The molecular weight excluding hydrogens is 462 g/mol. The van der Waals surface area contributed by atoms with E-state index in [1.54, 1.807) is 44.2 Å². The number of rotatable bonds is 9. The fourth-order valence-corrected chi connectivity index (χ4v) is 4.07. The smallest absolute Gasteiger partial charge is 0.267 e. The third-order valence-electron chi connectivity index (χ3n) is 5.79. The molecular formula is C24H28F2N4O5. The van der Waals surface area contributed by atoms with E-state index in [0.717, 1.165) is 0 Å². The molecule has 0 aliphatic carbocycles. The Morgan fingerprint density at radius 2 is 2.00 bits per heavy atom. The van der Waals surface area contributed by atoms with Gasteiger partial charge in [0.15, 0.2) is 6.10 Å². The summed E-state index contributed by atoms with van der Waals surface area (Å²) in [5, 5.41) is 19.8. The molecule has 3 N–H and O–H groups in total. The molecule has 9 nitrogen and oxygen atoms in total. The lowest BCUT2D eigenvalue weighted by molar-refractivity contribution is -0.147. The Hall–Kier alpha value is -3.60. The molecule has 3 atom stereocenters. The van der Waals surface area contributed by atoms with Crippen LogP contribution in [0.25, 0.3) is 0 Å². The molecule has 3 amide bonds. The number of aliphatic hydroxyl groups is 1. The van der Waals surface area contributed by atoms with Crippen LogP contribution in [0.1, 0.15) is 33.8 Å². The number of aromatic nitrogens is 1. The topological polar surface area (TPSA) is 125 Å². The van der Waals surface area contributed by atoms with Gasteiger partial charge in [-0.2, -0.15) is 0 Å². The summed E-state index contributed by atoms with van der Waals surface area (Å²) in [7, 11) is 0. The third-order valence-corrected chi connectivity index (χ3v) is 5.79. The van der Waals surface area contributed by atoms with Gasteiger partial charge >= 0.3 is 0 Å². The van der Waals surface area contributed by atoms with Crippen molar-refractivity contribution in [3.05, 3.63) is 65.6 Å². The van der Waals surface area contributed by atoms with Gasteiger partial charge in [-0.25, -0.2) is 8.78 Å². The molecule has 2 aromatic rings. The zero-order valence-corrected chi connectivity index (χ0v) is 19.5. The van der Waals surface area contributed by atoms with Gasteiger partial charge in [0.2, 0.25) is 5.91 Å². The van der Waals surface area contributed by atoms with Crippen molar-refractivity contribution >= 4 is 17.7 Å². The lowest BCUT2D eigenvalue weighted by atomic mass is 9.99. The first-order valence-electron chi connectivity index (χ1n) is 11.1. The first kappa shape index (κ1) is 26.0. The number of amides is 3. The first-order chi connectivity index (χ1) is 16.5. The highest BCUT2D eigenvalue weighted by atomic mass is 19.3. The molecule has 1 aromatic carbocycles. The van der Waals surface area contributed by atoms with Crippen LogP contribution in [-0.4, -0.2) is 70.1 Å². The van der Waals surface area contributed by atoms with Gasteiger partial charge in [0.25, 0.3) is 17.7 Å². The van der Waals surface area contributed by atoms with E-state index >= 15 is 0 Å². The molecule has 2 heterocycles. The van der Waals surface area contributed by atoms with Gasteiger partial charge < -0.3 is 25.2 Å². The second-order valence-corrected chi connectivity index (χ2v) is 8.49. The molecule has 35 heavy (non-hydrogen) atoms. The quantitative estimate of drug-likeness (QED) is 0.458. The van der Waals surface area contributed by atoms with E-state index in [1.807, 2.05) is 0 Å². The Bertz CT molecular complexity index is 1070. The lowest BCUT2D eigenvalue weighted by Crippen LogP contribution is -2.56. The van der Waals surface area contributed by atoms with Crippen LogP contribution >= 0.6 is 0 Å². The van der Waals surface area contributed by atoms with Crippen molar-refractivity contribution in [3.63, 3.8) is 0 Å². The van der Waals surface area contributed by atoms with Gasteiger partial charge in [-0.05, 0) is 25.8 Å². The first-order valence-corrected chi connectivity index (χ1v) is 11.1. The summed E-state index contributed by atoms with van der Waals surface area (Å²) < 4.78 is 33.5. The number of benzene rings is 1. The van der Waals surface area contributed by atoms with E-state index in [9.17, 15) is 28.3 Å². The molecule has 3 rings (SSSR count). The number of aryl methyl sites for hydroxylation is 2. The number of likely N-dealkylation sites (tertiary alicyclic amines) is 1. The maximum absolute atomic E-state index is 14.2. The minimum Gasteiger partial charge on any atom is -0.381 e. The van der Waals surface area contributed by atoms with Gasteiger partial charge in [-0.15, -0.1) is 6.58 Å². The van der Waals surface area contributed by atoms with Gasteiger partial charge in [-0.1, -0.05) is 41.6 Å². The molecule has 1 fully saturated rings. The Balaban J connectivity index is 1.86. The van der Waals surface area contributed by atoms with Gasteiger partial charge in [0.05, 0.1) is 18.3 Å². The summed E-state index contributed by atoms with van der Waals surface area (Å²) in [5.41, 5.74) is 1.16. The van der Waals surface area contributed by atoms with Crippen molar-refractivity contribution in [3.8, 4) is 0 Å².